The third-order valence-corrected chi connectivity index (χ3v) is 10.8. The van der Waals surface area contributed by atoms with Crippen LogP contribution in [-0.2, 0) is 25.8 Å². The Labute approximate surface area is 179 Å². The first-order valence-electron chi connectivity index (χ1n) is 9.81. The van der Waals surface area contributed by atoms with Gasteiger partial charge in [-0.15, -0.1) is 0 Å². The van der Waals surface area contributed by atoms with Crippen molar-refractivity contribution in [1.82, 2.24) is 0 Å². The Balaban J connectivity index is 2.37. The first kappa shape index (κ1) is 21.4. The molecule has 3 rings (SSSR count). The Bertz CT molecular complexity index is 872. The van der Waals surface area contributed by atoms with E-state index in [-0.39, 0.29) is 9.04 Å². The molecular formula is C24H29Cl2Zr. The first-order valence-corrected chi connectivity index (χ1v) is 17.6. The molecule has 0 amide bonds. The molecule has 0 nitrogen and oxygen atoms in total. The SMILES string of the molecule is CCc1ccccc1-c1c(C(C)C)ccc2c1C=C(C(C)(C)C)[CH]2[Zr]([Cl])[Cl]. The molecule has 1 aliphatic carbocycles. The maximum absolute atomic E-state index is 6.69. The molecule has 0 aliphatic heterocycles. The molecular weight excluding hydrogens is 450 g/mol. The standard InChI is InChI=1S/C24H29.2ClH.Zr/c1-7-17-10-8-9-11-21(17)23-20(16(2)3)13-12-18-14-19(15-22(18)23)24(4,5)6;;;/h8-16H,7H2,1-6H3;2*1H;/q;;;+2/p-2. The number of aryl methyl sites for hydroxylation is 1. The molecule has 27 heavy (non-hydrogen) atoms. The fourth-order valence-electron chi connectivity index (χ4n) is 4.20. The van der Waals surface area contributed by atoms with Crippen LogP contribution in [0.5, 0.6) is 0 Å². The molecule has 0 bridgehead atoms. The zero-order valence-electron chi connectivity index (χ0n) is 17.2. The molecule has 0 radical (unpaired) electrons. The van der Waals surface area contributed by atoms with Gasteiger partial charge in [0.25, 0.3) is 0 Å². The number of halogens is 2. The molecule has 0 saturated carbocycles. The predicted molar refractivity (Wildman–Crippen MR) is 117 cm³/mol. The summed E-state index contributed by atoms with van der Waals surface area (Å²) in [6.45, 7) is 13.6. The minimum absolute atomic E-state index is 0.0683. The molecule has 1 atom stereocenters. The van der Waals surface area contributed by atoms with Crippen molar-refractivity contribution in [2.75, 3.05) is 0 Å². The molecule has 2 aromatic rings. The van der Waals surface area contributed by atoms with Gasteiger partial charge in [-0.05, 0) is 0 Å². The van der Waals surface area contributed by atoms with Crippen molar-refractivity contribution in [3.63, 3.8) is 0 Å². The maximum atomic E-state index is 6.69. The van der Waals surface area contributed by atoms with Crippen molar-refractivity contribution in [1.29, 1.82) is 0 Å². The van der Waals surface area contributed by atoms with Crippen LogP contribution in [0.15, 0.2) is 42.0 Å². The van der Waals surface area contributed by atoms with E-state index in [0.717, 1.165) is 6.42 Å². The van der Waals surface area contributed by atoms with Gasteiger partial charge in [0.15, 0.2) is 0 Å². The Hall–Kier alpha value is -0.357. The zero-order valence-corrected chi connectivity index (χ0v) is 21.1. The average Bonchev–Trinajstić information content (AvgIpc) is 3.01. The van der Waals surface area contributed by atoms with Crippen LogP contribution < -0.4 is 0 Å². The molecule has 0 aromatic heterocycles. The minimum atomic E-state index is -2.53. The van der Waals surface area contributed by atoms with E-state index in [4.69, 9.17) is 17.0 Å². The van der Waals surface area contributed by atoms with Crippen LogP contribution in [0.25, 0.3) is 17.2 Å². The van der Waals surface area contributed by atoms with Gasteiger partial charge in [-0.2, -0.15) is 0 Å². The van der Waals surface area contributed by atoms with Crippen molar-refractivity contribution in [2.24, 2.45) is 5.41 Å². The fraction of sp³-hybridized carbons (Fsp3) is 0.417. The van der Waals surface area contributed by atoms with Crippen LogP contribution in [0, 0.1) is 5.41 Å². The van der Waals surface area contributed by atoms with Gasteiger partial charge >= 0.3 is 181 Å². The second kappa shape index (κ2) is 8.18. The number of allylic oxidation sites excluding steroid dienone is 1. The number of hydrogen-bond acceptors (Lipinski definition) is 0. The van der Waals surface area contributed by atoms with Gasteiger partial charge in [0.2, 0.25) is 0 Å². The van der Waals surface area contributed by atoms with Gasteiger partial charge in [-0.25, -0.2) is 0 Å². The molecule has 0 spiro atoms. The molecule has 1 unspecified atom stereocenters. The summed E-state index contributed by atoms with van der Waals surface area (Å²) in [6, 6.07) is 13.4. The quantitative estimate of drug-likeness (QED) is 0.413. The number of fused-ring (bicyclic) bond motifs is 1. The summed E-state index contributed by atoms with van der Waals surface area (Å²) in [5, 5.41) is 0. The summed E-state index contributed by atoms with van der Waals surface area (Å²) in [7, 11) is 13.4. The molecule has 0 saturated heterocycles. The van der Waals surface area contributed by atoms with Crippen molar-refractivity contribution >= 4 is 23.1 Å². The monoisotopic (exact) mass is 477 g/mol. The second-order valence-corrected chi connectivity index (χ2v) is 17.6. The summed E-state index contributed by atoms with van der Waals surface area (Å²) in [5.74, 6) is 0.464. The molecule has 2 aromatic carbocycles. The van der Waals surface area contributed by atoms with Gasteiger partial charge in [-0.1, -0.05) is 0 Å². The van der Waals surface area contributed by atoms with Crippen LogP contribution in [0.2, 0.25) is 0 Å². The molecule has 1 aliphatic rings. The number of rotatable bonds is 4. The molecule has 0 N–H and O–H groups in total. The van der Waals surface area contributed by atoms with E-state index >= 15 is 0 Å². The fourth-order valence-corrected chi connectivity index (χ4v) is 10.0. The van der Waals surface area contributed by atoms with E-state index in [2.05, 4.69) is 84.0 Å². The Morgan fingerprint density at radius 3 is 2.26 bits per heavy atom. The summed E-state index contributed by atoms with van der Waals surface area (Å²) in [5.41, 5.74) is 9.75. The summed E-state index contributed by atoms with van der Waals surface area (Å²) < 4.78 is 0.250. The first-order chi connectivity index (χ1) is 12.7. The Morgan fingerprint density at radius 2 is 1.70 bits per heavy atom. The number of benzene rings is 2. The van der Waals surface area contributed by atoms with E-state index < -0.39 is 19.4 Å². The van der Waals surface area contributed by atoms with E-state index in [1.165, 1.54) is 39.0 Å². The molecule has 0 heterocycles. The Morgan fingerprint density at radius 1 is 1.04 bits per heavy atom. The van der Waals surface area contributed by atoms with Crippen LogP contribution in [-0.4, -0.2) is 0 Å². The Kier molecular flexibility index (Phi) is 6.47. The molecule has 3 heteroatoms. The van der Waals surface area contributed by atoms with Gasteiger partial charge in [0, 0.05) is 0 Å². The van der Waals surface area contributed by atoms with E-state index in [1.807, 2.05) is 0 Å². The second-order valence-electron chi connectivity index (χ2n) is 8.77. The predicted octanol–water partition coefficient (Wildman–Crippen LogP) is 8.45. The van der Waals surface area contributed by atoms with Gasteiger partial charge in [0.1, 0.15) is 0 Å². The van der Waals surface area contributed by atoms with Crippen LogP contribution in [0.4, 0.5) is 0 Å². The van der Waals surface area contributed by atoms with Crippen molar-refractivity contribution in [3.8, 4) is 11.1 Å². The normalized spacial score (nSPS) is 16.5. The van der Waals surface area contributed by atoms with Crippen LogP contribution in [0.3, 0.4) is 0 Å². The van der Waals surface area contributed by atoms with Crippen molar-refractivity contribution in [3.05, 3.63) is 64.2 Å². The zero-order chi connectivity index (χ0) is 19.9. The third-order valence-electron chi connectivity index (χ3n) is 5.61. The van der Waals surface area contributed by atoms with Crippen LogP contribution in [0.1, 0.15) is 73.3 Å². The summed E-state index contributed by atoms with van der Waals surface area (Å²) >= 11 is -2.53. The van der Waals surface area contributed by atoms with Crippen molar-refractivity contribution in [2.45, 2.75) is 57.5 Å². The van der Waals surface area contributed by atoms with Crippen molar-refractivity contribution < 1.29 is 19.4 Å². The summed E-state index contributed by atoms with van der Waals surface area (Å²) in [6.07, 6.45) is 3.45. The molecule has 143 valence electrons. The number of hydrogen-bond donors (Lipinski definition) is 0. The van der Waals surface area contributed by atoms with Gasteiger partial charge in [-0.3, -0.25) is 0 Å². The van der Waals surface area contributed by atoms with Gasteiger partial charge < -0.3 is 0 Å². The molecule has 0 fully saturated rings. The van der Waals surface area contributed by atoms with Crippen LogP contribution >= 0.6 is 17.0 Å². The van der Waals surface area contributed by atoms with E-state index in [1.54, 1.807) is 0 Å². The van der Waals surface area contributed by atoms with E-state index in [0.29, 0.717) is 5.92 Å². The summed E-state index contributed by atoms with van der Waals surface area (Å²) in [4.78, 5) is 0. The van der Waals surface area contributed by atoms with Gasteiger partial charge in [0.05, 0.1) is 0 Å². The average molecular weight is 480 g/mol. The third kappa shape index (κ3) is 4.03. The van der Waals surface area contributed by atoms with E-state index in [9.17, 15) is 0 Å². The topological polar surface area (TPSA) is 0 Å².